The van der Waals surface area contributed by atoms with E-state index in [1.807, 2.05) is 6.92 Å². The van der Waals surface area contributed by atoms with E-state index in [0.717, 1.165) is 30.2 Å². The van der Waals surface area contributed by atoms with Crippen LogP contribution in [0.15, 0.2) is 4.42 Å². The number of unbranched alkanes of at least 4 members (excludes halogenated alkanes) is 3. The zero-order chi connectivity index (χ0) is 10.4. The molecule has 0 radical (unpaired) electrons. The van der Waals surface area contributed by atoms with Crippen LogP contribution in [-0.2, 0) is 13.0 Å². The van der Waals surface area contributed by atoms with Crippen molar-refractivity contribution in [2.45, 2.75) is 52.5 Å². The lowest BCUT2D eigenvalue weighted by Crippen LogP contribution is -1.95. The second-order valence-electron chi connectivity index (χ2n) is 3.63. The van der Waals surface area contributed by atoms with E-state index in [2.05, 4.69) is 11.9 Å². The lowest BCUT2D eigenvalue weighted by Gasteiger charge is -1.95. The van der Waals surface area contributed by atoms with Crippen LogP contribution in [0.1, 0.15) is 50.0 Å². The molecule has 0 aliphatic carbocycles. The zero-order valence-electron chi connectivity index (χ0n) is 9.18. The molecule has 0 aliphatic heterocycles. The second kappa shape index (κ2) is 5.81. The van der Waals surface area contributed by atoms with Crippen molar-refractivity contribution < 1.29 is 4.42 Å². The van der Waals surface area contributed by atoms with Gasteiger partial charge in [0.25, 0.3) is 0 Å². The van der Waals surface area contributed by atoms with Gasteiger partial charge in [0.2, 0.25) is 0 Å². The van der Waals surface area contributed by atoms with Gasteiger partial charge >= 0.3 is 0 Å². The predicted octanol–water partition coefficient (Wildman–Crippen LogP) is 2.56. The molecule has 0 spiro atoms. The molecule has 80 valence electrons. The first-order chi connectivity index (χ1) is 6.77. The van der Waals surface area contributed by atoms with Crippen molar-refractivity contribution >= 4 is 0 Å². The van der Waals surface area contributed by atoms with E-state index in [0.29, 0.717) is 6.54 Å². The first-order valence-corrected chi connectivity index (χ1v) is 5.43. The van der Waals surface area contributed by atoms with Gasteiger partial charge in [-0.1, -0.05) is 26.2 Å². The van der Waals surface area contributed by atoms with E-state index in [4.69, 9.17) is 10.2 Å². The van der Waals surface area contributed by atoms with Crippen molar-refractivity contribution in [3.63, 3.8) is 0 Å². The van der Waals surface area contributed by atoms with E-state index in [-0.39, 0.29) is 0 Å². The first kappa shape index (κ1) is 11.2. The van der Waals surface area contributed by atoms with Crippen molar-refractivity contribution in [1.29, 1.82) is 0 Å². The molecule has 14 heavy (non-hydrogen) atoms. The highest BCUT2D eigenvalue weighted by atomic mass is 16.4. The minimum absolute atomic E-state index is 0.452. The third-order valence-electron chi connectivity index (χ3n) is 2.37. The molecular weight excluding hydrogens is 176 g/mol. The number of rotatable bonds is 6. The normalized spacial score (nSPS) is 10.8. The third-order valence-corrected chi connectivity index (χ3v) is 2.37. The lowest BCUT2D eigenvalue weighted by molar-refractivity contribution is 0.446. The molecule has 0 unspecified atom stereocenters. The summed E-state index contributed by atoms with van der Waals surface area (Å²) in [6.07, 6.45) is 5.93. The van der Waals surface area contributed by atoms with Crippen molar-refractivity contribution in [1.82, 2.24) is 4.98 Å². The molecule has 0 atom stereocenters. The SMILES string of the molecule is CCCCCCc1nc(C)c(CN)o1. The molecule has 3 nitrogen and oxygen atoms in total. The van der Waals surface area contributed by atoms with Gasteiger partial charge in [-0.15, -0.1) is 0 Å². The van der Waals surface area contributed by atoms with Crippen LogP contribution in [0.4, 0.5) is 0 Å². The standard InChI is InChI=1S/C11H20N2O/c1-3-4-5-6-7-11-13-9(2)10(8-12)14-11/h3-8,12H2,1-2H3. The second-order valence-corrected chi connectivity index (χ2v) is 3.63. The van der Waals surface area contributed by atoms with Crippen LogP contribution in [0, 0.1) is 6.92 Å². The number of nitrogens with zero attached hydrogens (tertiary/aromatic N) is 1. The molecule has 0 aliphatic rings. The van der Waals surface area contributed by atoms with Crippen LogP contribution >= 0.6 is 0 Å². The highest BCUT2D eigenvalue weighted by molar-refractivity contribution is 5.07. The monoisotopic (exact) mass is 196 g/mol. The van der Waals surface area contributed by atoms with Gasteiger partial charge in [-0.2, -0.15) is 0 Å². The summed E-state index contributed by atoms with van der Waals surface area (Å²) in [5.41, 5.74) is 6.45. The Hall–Kier alpha value is -0.830. The molecule has 0 aromatic carbocycles. The molecule has 0 bridgehead atoms. The van der Waals surface area contributed by atoms with Crippen molar-refractivity contribution in [3.05, 3.63) is 17.3 Å². The molecule has 3 heteroatoms. The van der Waals surface area contributed by atoms with Gasteiger partial charge in [-0.05, 0) is 13.3 Å². The fraction of sp³-hybridized carbons (Fsp3) is 0.727. The summed E-state index contributed by atoms with van der Waals surface area (Å²) in [6.45, 7) is 4.61. The van der Waals surface area contributed by atoms with Gasteiger partial charge in [0.1, 0.15) is 5.76 Å². The highest BCUT2D eigenvalue weighted by Crippen LogP contribution is 2.12. The fourth-order valence-electron chi connectivity index (χ4n) is 1.49. The summed E-state index contributed by atoms with van der Waals surface area (Å²) < 4.78 is 5.51. The maximum Gasteiger partial charge on any atom is 0.194 e. The third kappa shape index (κ3) is 3.14. The minimum Gasteiger partial charge on any atom is -0.444 e. The maximum absolute atomic E-state index is 5.51. The molecule has 0 saturated carbocycles. The van der Waals surface area contributed by atoms with Crippen molar-refractivity contribution in [2.24, 2.45) is 5.73 Å². The van der Waals surface area contributed by atoms with Gasteiger partial charge < -0.3 is 10.2 Å². The van der Waals surface area contributed by atoms with Crippen LogP contribution in [0.3, 0.4) is 0 Å². The fourth-order valence-corrected chi connectivity index (χ4v) is 1.49. The number of nitrogens with two attached hydrogens (primary N) is 1. The average Bonchev–Trinajstić information content (AvgIpc) is 2.54. The number of aromatic nitrogens is 1. The number of hydrogen-bond donors (Lipinski definition) is 1. The largest absolute Gasteiger partial charge is 0.444 e. The Bertz CT molecular complexity index is 268. The maximum atomic E-state index is 5.51. The van der Waals surface area contributed by atoms with E-state index in [1.54, 1.807) is 0 Å². The van der Waals surface area contributed by atoms with Gasteiger partial charge in [0.05, 0.1) is 12.2 Å². The molecular formula is C11H20N2O. The summed E-state index contributed by atoms with van der Waals surface area (Å²) in [4.78, 5) is 4.33. The molecule has 0 fully saturated rings. The number of oxazole rings is 1. The quantitative estimate of drug-likeness (QED) is 0.711. The zero-order valence-corrected chi connectivity index (χ0v) is 9.18. The molecule has 1 aromatic rings. The van der Waals surface area contributed by atoms with Gasteiger partial charge in [-0.3, -0.25) is 0 Å². The Morgan fingerprint density at radius 2 is 2.07 bits per heavy atom. The predicted molar refractivity (Wildman–Crippen MR) is 57.0 cm³/mol. The summed E-state index contributed by atoms with van der Waals surface area (Å²) in [5, 5.41) is 0. The van der Waals surface area contributed by atoms with Gasteiger partial charge in [-0.25, -0.2) is 4.98 Å². The van der Waals surface area contributed by atoms with E-state index in [1.165, 1.54) is 19.3 Å². The smallest absolute Gasteiger partial charge is 0.194 e. The number of aryl methyl sites for hydroxylation is 2. The topological polar surface area (TPSA) is 52.0 Å². The Balaban J connectivity index is 2.35. The van der Waals surface area contributed by atoms with E-state index in [9.17, 15) is 0 Å². The Labute approximate surface area is 85.7 Å². The highest BCUT2D eigenvalue weighted by Gasteiger charge is 2.06. The van der Waals surface area contributed by atoms with Crippen molar-refractivity contribution in [3.8, 4) is 0 Å². The average molecular weight is 196 g/mol. The Kier molecular flexibility index (Phi) is 4.66. The van der Waals surface area contributed by atoms with E-state index >= 15 is 0 Å². The summed E-state index contributed by atoms with van der Waals surface area (Å²) in [6, 6.07) is 0. The summed E-state index contributed by atoms with van der Waals surface area (Å²) in [7, 11) is 0. The van der Waals surface area contributed by atoms with Crippen molar-refractivity contribution in [2.75, 3.05) is 0 Å². The molecule has 2 N–H and O–H groups in total. The van der Waals surface area contributed by atoms with Crippen LogP contribution in [0.25, 0.3) is 0 Å². The van der Waals surface area contributed by atoms with Crippen LogP contribution in [0.5, 0.6) is 0 Å². The lowest BCUT2D eigenvalue weighted by atomic mass is 10.1. The molecule has 1 rings (SSSR count). The minimum atomic E-state index is 0.452. The van der Waals surface area contributed by atoms with Crippen LogP contribution in [-0.4, -0.2) is 4.98 Å². The Morgan fingerprint density at radius 3 is 2.64 bits per heavy atom. The molecule has 0 saturated heterocycles. The van der Waals surface area contributed by atoms with Crippen LogP contribution < -0.4 is 5.73 Å². The summed E-state index contributed by atoms with van der Waals surface area (Å²) in [5.74, 6) is 1.68. The summed E-state index contributed by atoms with van der Waals surface area (Å²) >= 11 is 0. The van der Waals surface area contributed by atoms with E-state index < -0.39 is 0 Å². The Morgan fingerprint density at radius 1 is 1.29 bits per heavy atom. The number of hydrogen-bond acceptors (Lipinski definition) is 3. The van der Waals surface area contributed by atoms with Gasteiger partial charge in [0, 0.05) is 6.42 Å². The molecule has 1 aromatic heterocycles. The first-order valence-electron chi connectivity index (χ1n) is 5.43. The van der Waals surface area contributed by atoms with Gasteiger partial charge in [0.15, 0.2) is 5.89 Å². The molecule has 0 amide bonds. The molecule has 1 heterocycles. The van der Waals surface area contributed by atoms with Crippen LogP contribution in [0.2, 0.25) is 0 Å².